The zero-order valence-corrected chi connectivity index (χ0v) is 13.3. The summed E-state index contributed by atoms with van der Waals surface area (Å²) < 4.78 is 17.3. The van der Waals surface area contributed by atoms with E-state index in [-0.39, 0.29) is 6.04 Å². The Kier molecular flexibility index (Phi) is 3.83. The van der Waals surface area contributed by atoms with Gasteiger partial charge in [-0.1, -0.05) is 18.2 Å². The van der Waals surface area contributed by atoms with Gasteiger partial charge in [0.25, 0.3) is 0 Å². The summed E-state index contributed by atoms with van der Waals surface area (Å²) in [5.74, 6) is 2.65. The van der Waals surface area contributed by atoms with E-state index in [2.05, 4.69) is 29.6 Å². The van der Waals surface area contributed by atoms with Crippen molar-refractivity contribution in [3.63, 3.8) is 0 Å². The van der Waals surface area contributed by atoms with Gasteiger partial charge in [-0.25, -0.2) is 0 Å². The summed E-state index contributed by atoms with van der Waals surface area (Å²) in [6.07, 6.45) is 0.999. The first kappa shape index (κ1) is 14.4. The van der Waals surface area contributed by atoms with Crippen LogP contribution in [0, 0.1) is 0 Å². The molecule has 0 bridgehead atoms. The maximum absolute atomic E-state index is 5.82. The molecule has 2 aromatic carbocycles. The minimum Gasteiger partial charge on any atom is -0.494 e. The van der Waals surface area contributed by atoms with Gasteiger partial charge >= 0.3 is 0 Å². The van der Waals surface area contributed by atoms with Gasteiger partial charge in [-0.2, -0.15) is 0 Å². The van der Waals surface area contributed by atoms with Crippen LogP contribution in [0.1, 0.15) is 29.7 Å². The molecule has 2 aliphatic heterocycles. The summed E-state index contributed by atoms with van der Waals surface area (Å²) in [5, 5.41) is 3.62. The number of fused-ring (bicyclic) bond motifs is 2. The van der Waals surface area contributed by atoms with Crippen LogP contribution >= 0.6 is 0 Å². The molecule has 1 atom stereocenters. The van der Waals surface area contributed by atoms with Crippen molar-refractivity contribution in [1.29, 1.82) is 0 Å². The van der Waals surface area contributed by atoms with Gasteiger partial charge in [0, 0.05) is 12.1 Å². The summed E-state index contributed by atoms with van der Waals surface area (Å²) in [6.45, 7) is 4.86. The van der Waals surface area contributed by atoms with Crippen molar-refractivity contribution in [3.8, 4) is 17.2 Å². The summed E-state index contributed by atoms with van der Waals surface area (Å²) in [6, 6.07) is 12.6. The van der Waals surface area contributed by atoms with Crippen molar-refractivity contribution in [2.75, 3.05) is 26.4 Å². The fourth-order valence-electron chi connectivity index (χ4n) is 3.38. The molecule has 4 nitrogen and oxygen atoms in total. The molecule has 0 aromatic heterocycles. The number of nitrogens with one attached hydrogen (secondary N) is 1. The molecule has 0 spiro atoms. The second kappa shape index (κ2) is 6.13. The van der Waals surface area contributed by atoms with E-state index in [4.69, 9.17) is 14.2 Å². The second-order valence-corrected chi connectivity index (χ2v) is 5.80. The highest BCUT2D eigenvalue weighted by Crippen LogP contribution is 2.40. The Morgan fingerprint density at radius 1 is 1.09 bits per heavy atom. The van der Waals surface area contributed by atoms with Crippen molar-refractivity contribution < 1.29 is 14.2 Å². The Morgan fingerprint density at radius 2 is 1.87 bits per heavy atom. The molecule has 2 aliphatic rings. The smallest absolute Gasteiger partial charge is 0.161 e. The topological polar surface area (TPSA) is 39.7 Å². The molecule has 0 aliphatic carbocycles. The first-order chi connectivity index (χ1) is 11.4. The van der Waals surface area contributed by atoms with E-state index in [0.29, 0.717) is 19.8 Å². The number of hydrogen-bond acceptors (Lipinski definition) is 4. The van der Waals surface area contributed by atoms with Crippen molar-refractivity contribution in [2.45, 2.75) is 19.4 Å². The zero-order chi connectivity index (χ0) is 15.6. The standard InChI is InChI=1S/C19H21NO3/c1-2-21-16-6-4-3-5-14(16)19-15-12-18-17(22-9-10-23-18)11-13(15)7-8-20-19/h3-6,11-12,19-20H,2,7-10H2,1H3. The lowest BCUT2D eigenvalue weighted by atomic mass is 9.89. The van der Waals surface area contributed by atoms with Crippen LogP contribution in [0.5, 0.6) is 17.2 Å². The normalized spacial score (nSPS) is 19.1. The van der Waals surface area contributed by atoms with E-state index in [0.717, 1.165) is 30.2 Å². The average molecular weight is 311 g/mol. The van der Waals surface area contributed by atoms with E-state index in [1.165, 1.54) is 16.7 Å². The molecule has 0 fully saturated rings. The minimum absolute atomic E-state index is 0.123. The highest BCUT2D eigenvalue weighted by atomic mass is 16.6. The molecule has 0 saturated carbocycles. The van der Waals surface area contributed by atoms with Gasteiger partial charge in [-0.05, 0) is 42.7 Å². The van der Waals surface area contributed by atoms with Crippen LogP contribution in [-0.4, -0.2) is 26.4 Å². The monoisotopic (exact) mass is 311 g/mol. The van der Waals surface area contributed by atoms with Gasteiger partial charge in [0.2, 0.25) is 0 Å². The van der Waals surface area contributed by atoms with Crippen molar-refractivity contribution in [3.05, 3.63) is 53.1 Å². The Hall–Kier alpha value is -2.20. The summed E-state index contributed by atoms with van der Waals surface area (Å²) in [4.78, 5) is 0. The van der Waals surface area contributed by atoms with Gasteiger partial charge < -0.3 is 19.5 Å². The summed E-state index contributed by atoms with van der Waals surface area (Å²) >= 11 is 0. The highest BCUT2D eigenvalue weighted by Gasteiger charge is 2.27. The van der Waals surface area contributed by atoms with Gasteiger partial charge in [-0.3, -0.25) is 0 Å². The van der Waals surface area contributed by atoms with E-state index in [1.807, 2.05) is 19.1 Å². The molecule has 120 valence electrons. The second-order valence-electron chi connectivity index (χ2n) is 5.80. The molecule has 4 rings (SSSR count). The predicted molar refractivity (Wildman–Crippen MR) is 88.6 cm³/mol. The number of benzene rings is 2. The average Bonchev–Trinajstić information content (AvgIpc) is 2.60. The van der Waals surface area contributed by atoms with Crippen LogP contribution in [0.4, 0.5) is 0 Å². The molecule has 0 amide bonds. The highest BCUT2D eigenvalue weighted by molar-refractivity contribution is 5.53. The molecule has 4 heteroatoms. The maximum Gasteiger partial charge on any atom is 0.161 e. The third-order valence-corrected chi connectivity index (χ3v) is 4.39. The fraction of sp³-hybridized carbons (Fsp3) is 0.368. The quantitative estimate of drug-likeness (QED) is 0.945. The summed E-state index contributed by atoms with van der Waals surface area (Å²) in [7, 11) is 0. The predicted octanol–water partition coefficient (Wildman–Crippen LogP) is 3.09. The van der Waals surface area contributed by atoms with E-state index in [9.17, 15) is 0 Å². The molecule has 2 heterocycles. The van der Waals surface area contributed by atoms with Crippen LogP contribution in [0.25, 0.3) is 0 Å². The fourth-order valence-corrected chi connectivity index (χ4v) is 3.38. The van der Waals surface area contributed by atoms with Crippen molar-refractivity contribution in [1.82, 2.24) is 5.32 Å². The Morgan fingerprint density at radius 3 is 2.70 bits per heavy atom. The molecule has 1 unspecified atom stereocenters. The number of ether oxygens (including phenoxy) is 3. The van der Waals surface area contributed by atoms with Gasteiger partial charge in [0.15, 0.2) is 11.5 Å². The lowest BCUT2D eigenvalue weighted by molar-refractivity contribution is 0.171. The molecule has 0 saturated heterocycles. The van der Waals surface area contributed by atoms with Crippen molar-refractivity contribution >= 4 is 0 Å². The molecule has 1 N–H and O–H groups in total. The van der Waals surface area contributed by atoms with Crippen LogP contribution in [-0.2, 0) is 6.42 Å². The van der Waals surface area contributed by atoms with E-state index < -0.39 is 0 Å². The Balaban J connectivity index is 1.78. The Bertz CT molecular complexity index is 714. The molecular formula is C19H21NO3. The number of para-hydroxylation sites is 1. The molecule has 2 aromatic rings. The van der Waals surface area contributed by atoms with Gasteiger partial charge in [-0.15, -0.1) is 0 Å². The largest absolute Gasteiger partial charge is 0.494 e. The van der Waals surface area contributed by atoms with E-state index >= 15 is 0 Å². The van der Waals surface area contributed by atoms with E-state index in [1.54, 1.807) is 0 Å². The Labute approximate surface area is 136 Å². The number of hydrogen-bond donors (Lipinski definition) is 1. The van der Waals surface area contributed by atoms with Crippen LogP contribution in [0.3, 0.4) is 0 Å². The summed E-state index contributed by atoms with van der Waals surface area (Å²) in [5.41, 5.74) is 3.75. The first-order valence-electron chi connectivity index (χ1n) is 8.24. The maximum atomic E-state index is 5.82. The third kappa shape index (κ3) is 2.63. The minimum atomic E-state index is 0.123. The number of rotatable bonds is 3. The van der Waals surface area contributed by atoms with Crippen LogP contribution in [0.2, 0.25) is 0 Å². The molecular weight excluding hydrogens is 290 g/mol. The van der Waals surface area contributed by atoms with Gasteiger partial charge in [0.05, 0.1) is 12.6 Å². The van der Waals surface area contributed by atoms with Crippen LogP contribution < -0.4 is 19.5 Å². The molecule has 23 heavy (non-hydrogen) atoms. The lowest BCUT2D eigenvalue weighted by Gasteiger charge is -2.30. The van der Waals surface area contributed by atoms with Crippen LogP contribution in [0.15, 0.2) is 36.4 Å². The van der Waals surface area contributed by atoms with Crippen molar-refractivity contribution in [2.24, 2.45) is 0 Å². The third-order valence-electron chi connectivity index (χ3n) is 4.39. The zero-order valence-electron chi connectivity index (χ0n) is 13.3. The lowest BCUT2D eigenvalue weighted by Crippen LogP contribution is -2.31. The van der Waals surface area contributed by atoms with Gasteiger partial charge in [0.1, 0.15) is 19.0 Å². The SMILES string of the molecule is CCOc1ccccc1C1NCCc2cc3c(cc21)OCCO3. The molecule has 0 radical (unpaired) electrons. The first-order valence-corrected chi connectivity index (χ1v) is 8.24.